The van der Waals surface area contributed by atoms with Gasteiger partial charge in [-0.2, -0.15) is 0 Å². The average molecular weight is 488 g/mol. The molecule has 0 spiro atoms. The molecule has 140 valence electrons. The van der Waals surface area contributed by atoms with Gasteiger partial charge >= 0.3 is 0 Å². The number of nitrogens with two attached hydrogens (primary N) is 1. The molecule has 1 saturated carbocycles. The highest BCUT2D eigenvalue weighted by Crippen LogP contribution is 2.48. The van der Waals surface area contributed by atoms with Gasteiger partial charge in [-0.05, 0) is 42.7 Å². The van der Waals surface area contributed by atoms with Crippen LogP contribution in [0.5, 0.6) is 11.5 Å². The van der Waals surface area contributed by atoms with Crippen LogP contribution in [0.4, 0.5) is 5.69 Å². The lowest BCUT2D eigenvalue weighted by molar-refractivity contribution is 0.355. The fraction of sp³-hybridized carbons (Fsp3) is 0.316. The van der Waals surface area contributed by atoms with E-state index in [2.05, 4.69) is 22.4 Å². The minimum absolute atomic E-state index is 0. The van der Waals surface area contributed by atoms with Crippen molar-refractivity contribution in [3.8, 4) is 11.5 Å². The smallest absolute Gasteiger partial charge is 0.193 e. The number of guanidine groups is 1. The Kier molecular flexibility index (Phi) is 7.00. The largest absolute Gasteiger partial charge is 0.493 e. The zero-order valence-corrected chi connectivity index (χ0v) is 17.9. The monoisotopic (exact) mass is 487 g/mol. The molecule has 1 aliphatic carbocycles. The highest BCUT2D eigenvalue weighted by Gasteiger charge is 2.44. The quantitative estimate of drug-likeness (QED) is 0.359. The Morgan fingerprint density at radius 2 is 1.77 bits per heavy atom. The number of hydrogen-bond acceptors (Lipinski definition) is 3. The lowest BCUT2D eigenvalue weighted by atomic mass is 9.96. The van der Waals surface area contributed by atoms with Crippen molar-refractivity contribution < 1.29 is 9.47 Å². The van der Waals surface area contributed by atoms with Crippen LogP contribution in [-0.2, 0) is 5.41 Å². The Labute approximate surface area is 175 Å². The summed E-state index contributed by atoms with van der Waals surface area (Å²) in [5.74, 6) is 1.69. The zero-order chi connectivity index (χ0) is 17.9. The Balaban J connectivity index is 0.00000243. The molecule has 26 heavy (non-hydrogen) atoms. The van der Waals surface area contributed by atoms with Crippen molar-refractivity contribution in [2.45, 2.75) is 18.3 Å². The maximum atomic E-state index is 6.05. The van der Waals surface area contributed by atoms with Crippen molar-refractivity contribution in [2.75, 3.05) is 26.1 Å². The summed E-state index contributed by atoms with van der Waals surface area (Å²) in [6.45, 7) is 0.654. The molecule has 0 atom stereocenters. The van der Waals surface area contributed by atoms with Crippen LogP contribution in [0, 0.1) is 0 Å². The molecule has 7 heteroatoms. The van der Waals surface area contributed by atoms with Crippen molar-refractivity contribution in [3.63, 3.8) is 0 Å². The summed E-state index contributed by atoms with van der Waals surface area (Å²) in [4.78, 5) is 4.53. The number of methoxy groups -OCH3 is 2. The maximum Gasteiger partial charge on any atom is 0.193 e. The predicted molar refractivity (Wildman–Crippen MR) is 117 cm³/mol. The number of hydrogen-bond donors (Lipinski definition) is 2. The van der Waals surface area contributed by atoms with Gasteiger partial charge in [0, 0.05) is 22.2 Å². The molecule has 5 nitrogen and oxygen atoms in total. The molecular weight excluding hydrogens is 465 g/mol. The number of nitrogens with one attached hydrogen (secondary N) is 1. The fourth-order valence-electron chi connectivity index (χ4n) is 2.83. The Hall–Kier alpha value is -1.67. The van der Waals surface area contributed by atoms with Crippen LogP contribution in [0.1, 0.15) is 18.4 Å². The molecule has 1 aliphatic rings. The highest BCUT2D eigenvalue weighted by molar-refractivity contribution is 14.0. The summed E-state index contributed by atoms with van der Waals surface area (Å²) in [6, 6.07) is 13.5. The van der Waals surface area contributed by atoms with E-state index in [0.717, 1.165) is 23.6 Å². The Bertz CT molecular complexity index is 777. The molecule has 0 bridgehead atoms. The molecule has 0 aliphatic heterocycles. The van der Waals surface area contributed by atoms with Crippen LogP contribution in [0.15, 0.2) is 47.5 Å². The molecule has 3 rings (SSSR count). The van der Waals surface area contributed by atoms with E-state index in [0.29, 0.717) is 24.0 Å². The van der Waals surface area contributed by atoms with Crippen molar-refractivity contribution >= 4 is 47.2 Å². The highest BCUT2D eigenvalue weighted by atomic mass is 127. The first-order valence-corrected chi connectivity index (χ1v) is 8.49. The number of rotatable bonds is 6. The standard InChI is InChI=1S/C19H22ClN3O2.HI/c1-24-16-8-7-15(11-17(16)25-2)23-18(21)22-12-19(9-10-19)13-3-5-14(20)6-4-13;/h3-8,11H,9-10,12H2,1-2H3,(H3,21,22,23);1H. The van der Waals surface area contributed by atoms with Gasteiger partial charge in [-0.3, -0.25) is 4.99 Å². The van der Waals surface area contributed by atoms with E-state index in [1.807, 2.05) is 30.3 Å². The van der Waals surface area contributed by atoms with Crippen molar-refractivity contribution in [1.29, 1.82) is 0 Å². The second kappa shape index (κ2) is 8.81. The molecule has 0 saturated heterocycles. The van der Waals surface area contributed by atoms with Crippen molar-refractivity contribution in [1.82, 2.24) is 0 Å². The third kappa shape index (κ3) is 4.73. The number of ether oxygens (including phenoxy) is 2. The number of anilines is 1. The molecule has 0 unspecified atom stereocenters. The van der Waals surface area contributed by atoms with E-state index < -0.39 is 0 Å². The number of nitrogens with zero attached hydrogens (tertiary/aromatic N) is 1. The number of halogens is 2. The SMILES string of the molecule is COc1ccc(NC(N)=NCC2(c3ccc(Cl)cc3)CC2)cc1OC.I. The van der Waals surface area contributed by atoms with Gasteiger partial charge in [-0.15, -0.1) is 24.0 Å². The van der Waals surface area contributed by atoms with Crippen molar-refractivity contribution in [3.05, 3.63) is 53.1 Å². The lowest BCUT2D eigenvalue weighted by Crippen LogP contribution is -2.25. The van der Waals surface area contributed by atoms with E-state index in [-0.39, 0.29) is 29.4 Å². The first-order chi connectivity index (χ1) is 12.1. The first-order valence-electron chi connectivity index (χ1n) is 8.11. The molecule has 1 fully saturated rings. The first kappa shape index (κ1) is 20.6. The van der Waals surface area contributed by atoms with Crippen LogP contribution in [-0.4, -0.2) is 26.7 Å². The van der Waals surface area contributed by atoms with Gasteiger partial charge in [0.2, 0.25) is 0 Å². The number of benzene rings is 2. The molecule has 0 heterocycles. The maximum absolute atomic E-state index is 6.05. The third-order valence-corrected chi connectivity index (χ3v) is 4.77. The summed E-state index contributed by atoms with van der Waals surface area (Å²) < 4.78 is 10.5. The van der Waals surface area contributed by atoms with Gasteiger partial charge in [0.05, 0.1) is 20.8 Å². The Morgan fingerprint density at radius 3 is 2.35 bits per heavy atom. The second-order valence-electron chi connectivity index (χ2n) is 6.18. The van der Waals surface area contributed by atoms with Crippen LogP contribution < -0.4 is 20.5 Å². The predicted octanol–water partition coefficient (Wildman–Crippen LogP) is 4.43. The zero-order valence-electron chi connectivity index (χ0n) is 14.8. The van der Waals surface area contributed by atoms with E-state index in [9.17, 15) is 0 Å². The third-order valence-electron chi connectivity index (χ3n) is 4.52. The second-order valence-corrected chi connectivity index (χ2v) is 6.62. The van der Waals surface area contributed by atoms with E-state index in [1.165, 1.54) is 5.56 Å². The Morgan fingerprint density at radius 1 is 1.12 bits per heavy atom. The van der Waals surface area contributed by atoms with Gasteiger partial charge in [0.1, 0.15) is 0 Å². The topological polar surface area (TPSA) is 68.9 Å². The molecule has 3 N–H and O–H groups in total. The summed E-state index contributed by atoms with van der Waals surface area (Å²) in [5.41, 5.74) is 8.21. The molecule has 2 aromatic rings. The van der Waals surface area contributed by atoms with Gasteiger partial charge in [0.25, 0.3) is 0 Å². The van der Waals surface area contributed by atoms with Crippen LogP contribution in [0.3, 0.4) is 0 Å². The molecular formula is C19H23ClIN3O2. The molecule has 0 radical (unpaired) electrons. The van der Waals surface area contributed by atoms with Crippen LogP contribution in [0.2, 0.25) is 5.02 Å². The van der Waals surface area contributed by atoms with Gasteiger partial charge in [-0.25, -0.2) is 0 Å². The minimum Gasteiger partial charge on any atom is -0.493 e. The van der Waals surface area contributed by atoms with Crippen LogP contribution in [0.25, 0.3) is 0 Å². The summed E-state index contributed by atoms with van der Waals surface area (Å²) >= 11 is 5.97. The molecule has 0 amide bonds. The van der Waals surface area contributed by atoms with Gasteiger partial charge in [0.15, 0.2) is 17.5 Å². The van der Waals surface area contributed by atoms with Crippen molar-refractivity contribution in [2.24, 2.45) is 10.7 Å². The van der Waals surface area contributed by atoms with E-state index in [1.54, 1.807) is 14.2 Å². The summed E-state index contributed by atoms with van der Waals surface area (Å²) in [6.07, 6.45) is 2.23. The summed E-state index contributed by atoms with van der Waals surface area (Å²) in [7, 11) is 3.20. The van der Waals surface area contributed by atoms with Gasteiger partial charge in [-0.1, -0.05) is 23.7 Å². The van der Waals surface area contributed by atoms with Gasteiger partial charge < -0.3 is 20.5 Å². The minimum atomic E-state index is 0. The fourth-order valence-corrected chi connectivity index (χ4v) is 2.96. The normalized spacial score (nSPS) is 15.0. The molecule has 2 aromatic carbocycles. The summed E-state index contributed by atoms with van der Waals surface area (Å²) in [5, 5.41) is 3.85. The van der Waals surface area contributed by atoms with E-state index >= 15 is 0 Å². The average Bonchev–Trinajstić information content (AvgIpc) is 3.41. The lowest BCUT2D eigenvalue weighted by Gasteiger charge is -2.14. The number of aliphatic imine (C=N–C) groups is 1. The molecule has 0 aromatic heterocycles. The van der Waals surface area contributed by atoms with Crippen LogP contribution >= 0.6 is 35.6 Å². The van der Waals surface area contributed by atoms with E-state index in [4.69, 9.17) is 26.8 Å².